The van der Waals surface area contributed by atoms with Crippen LogP contribution in [0.4, 0.5) is 0 Å². The number of carbonyl (C=O) groups excluding carboxylic acids is 4. The predicted octanol–water partition coefficient (Wildman–Crippen LogP) is 17.1. The van der Waals surface area contributed by atoms with Crippen molar-refractivity contribution < 1.29 is 80.2 Å². The van der Waals surface area contributed by atoms with Crippen LogP contribution >= 0.6 is 15.6 Å². The summed E-state index contributed by atoms with van der Waals surface area (Å²) in [5, 5.41) is 10.5. The average molecular weight is 1210 g/mol. The Bertz CT molecular complexity index is 1630. The van der Waals surface area contributed by atoms with E-state index in [4.69, 9.17) is 37.0 Å². The highest BCUT2D eigenvalue weighted by Gasteiger charge is 2.30. The van der Waals surface area contributed by atoms with Gasteiger partial charge in [-0.2, -0.15) is 0 Å². The monoisotopic (exact) mass is 1210 g/mol. The lowest BCUT2D eigenvalue weighted by atomic mass is 9.99. The fraction of sp³-hybridized carbons (Fsp3) is 0.937. The molecule has 0 saturated heterocycles. The number of esters is 4. The number of phosphoric ester groups is 2. The quantitative estimate of drug-likeness (QED) is 0.0222. The van der Waals surface area contributed by atoms with Gasteiger partial charge < -0.3 is 33.8 Å². The van der Waals surface area contributed by atoms with Crippen LogP contribution in [0.25, 0.3) is 0 Å². The highest BCUT2D eigenvalue weighted by atomic mass is 31.2. The topological polar surface area (TPSA) is 237 Å². The molecule has 3 unspecified atom stereocenters. The van der Waals surface area contributed by atoms with Gasteiger partial charge >= 0.3 is 39.5 Å². The fourth-order valence-electron chi connectivity index (χ4n) is 9.27. The molecule has 0 spiro atoms. The van der Waals surface area contributed by atoms with E-state index in [2.05, 4.69) is 48.5 Å². The highest BCUT2D eigenvalue weighted by Crippen LogP contribution is 2.45. The van der Waals surface area contributed by atoms with Gasteiger partial charge in [-0.25, -0.2) is 9.13 Å². The first-order valence-electron chi connectivity index (χ1n) is 32.9. The maximum absolute atomic E-state index is 13.0. The van der Waals surface area contributed by atoms with Crippen molar-refractivity contribution in [2.75, 3.05) is 39.6 Å². The normalized spacial score (nSPS) is 14.7. The number of hydrogen-bond acceptors (Lipinski definition) is 15. The van der Waals surface area contributed by atoms with E-state index in [9.17, 15) is 43.2 Å². The van der Waals surface area contributed by atoms with Gasteiger partial charge in [-0.15, -0.1) is 0 Å². The number of aliphatic hydroxyl groups is 1. The van der Waals surface area contributed by atoms with Gasteiger partial charge in [0.05, 0.1) is 26.4 Å². The molecule has 82 heavy (non-hydrogen) atoms. The Balaban J connectivity index is 5.22. The lowest BCUT2D eigenvalue weighted by molar-refractivity contribution is -0.161. The van der Waals surface area contributed by atoms with Crippen molar-refractivity contribution in [3.8, 4) is 0 Å². The first-order valence-corrected chi connectivity index (χ1v) is 35.9. The van der Waals surface area contributed by atoms with Crippen LogP contribution in [0, 0.1) is 17.8 Å². The van der Waals surface area contributed by atoms with Gasteiger partial charge in [-0.1, -0.05) is 254 Å². The zero-order valence-corrected chi connectivity index (χ0v) is 54.7. The zero-order valence-electron chi connectivity index (χ0n) is 52.9. The second-order valence-corrected chi connectivity index (χ2v) is 26.9. The molecule has 0 amide bonds. The van der Waals surface area contributed by atoms with E-state index >= 15 is 0 Å². The average Bonchev–Trinajstić information content (AvgIpc) is 3.45. The van der Waals surface area contributed by atoms with E-state index in [1.807, 2.05) is 0 Å². The molecular weight excluding hydrogens is 1090 g/mol. The van der Waals surface area contributed by atoms with Crippen molar-refractivity contribution in [3.05, 3.63) is 0 Å². The Morgan fingerprint density at radius 3 is 0.927 bits per heavy atom. The van der Waals surface area contributed by atoms with Crippen molar-refractivity contribution in [1.82, 2.24) is 0 Å². The molecule has 0 fully saturated rings. The Morgan fingerprint density at radius 2 is 0.622 bits per heavy atom. The summed E-state index contributed by atoms with van der Waals surface area (Å²) in [6.45, 7) is 11.7. The summed E-state index contributed by atoms with van der Waals surface area (Å²) in [5.41, 5.74) is 0. The molecule has 486 valence electrons. The second kappa shape index (κ2) is 54.5. The number of hydrogen-bond donors (Lipinski definition) is 3. The first kappa shape index (κ1) is 80.1. The number of rotatable bonds is 61. The third-order valence-corrected chi connectivity index (χ3v) is 16.6. The molecule has 6 atom stereocenters. The minimum absolute atomic E-state index is 0.101. The minimum Gasteiger partial charge on any atom is -0.462 e. The number of aliphatic hydroxyl groups excluding tert-OH is 1. The maximum Gasteiger partial charge on any atom is 0.472 e. The van der Waals surface area contributed by atoms with E-state index in [1.54, 1.807) is 0 Å². The van der Waals surface area contributed by atoms with Crippen molar-refractivity contribution in [2.45, 2.75) is 324 Å². The Morgan fingerprint density at radius 1 is 0.354 bits per heavy atom. The number of phosphoric acid groups is 2. The largest absolute Gasteiger partial charge is 0.472 e. The van der Waals surface area contributed by atoms with Gasteiger partial charge in [0.1, 0.15) is 19.3 Å². The van der Waals surface area contributed by atoms with Crippen LogP contribution in [-0.2, 0) is 65.4 Å². The van der Waals surface area contributed by atoms with Gasteiger partial charge in [0.15, 0.2) is 12.2 Å². The fourth-order valence-corrected chi connectivity index (χ4v) is 10.9. The summed E-state index contributed by atoms with van der Waals surface area (Å²) in [6, 6.07) is 0. The van der Waals surface area contributed by atoms with Gasteiger partial charge in [-0.05, 0) is 43.4 Å². The van der Waals surface area contributed by atoms with Crippen LogP contribution in [0.2, 0.25) is 0 Å². The molecule has 0 aromatic heterocycles. The zero-order chi connectivity index (χ0) is 61.0. The predicted molar refractivity (Wildman–Crippen MR) is 326 cm³/mol. The molecule has 0 aliphatic heterocycles. The smallest absolute Gasteiger partial charge is 0.462 e. The molecule has 3 N–H and O–H groups in total. The Hall–Kier alpha value is -1.94. The molecule has 0 aromatic carbocycles. The molecule has 19 heteroatoms. The van der Waals surface area contributed by atoms with E-state index in [-0.39, 0.29) is 25.7 Å². The van der Waals surface area contributed by atoms with Crippen molar-refractivity contribution in [2.24, 2.45) is 17.8 Å². The van der Waals surface area contributed by atoms with Gasteiger partial charge in [-0.3, -0.25) is 37.3 Å². The maximum atomic E-state index is 13.0. The lowest BCUT2D eigenvalue weighted by Gasteiger charge is -2.21. The number of carbonyl (C=O) groups is 4. The van der Waals surface area contributed by atoms with Gasteiger partial charge in [0, 0.05) is 25.7 Å². The van der Waals surface area contributed by atoms with Crippen LogP contribution in [-0.4, -0.2) is 96.7 Å². The first-order chi connectivity index (χ1) is 39.3. The summed E-state index contributed by atoms with van der Waals surface area (Å²) in [6.07, 6.45) is 35.0. The molecule has 0 aliphatic carbocycles. The Kier molecular flexibility index (Phi) is 53.2. The molecule has 0 radical (unpaired) electrons. The van der Waals surface area contributed by atoms with Crippen molar-refractivity contribution >= 4 is 39.5 Å². The van der Waals surface area contributed by atoms with Crippen LogP contribution in [0.3, 0.4) is 0 Å². The summed E-state index contributed by atoms with van der Waals surface area (Å²) >= 11 is 0. The molecular formula is C63H122O17P2. The van der Waals surface area contributed by atoms with Crippen LogP contribution in [0.15, 0.2) is 0 Å². The molecule has 0 heterocycles. The van der Waals surface area contributed by atoms with Crippen molar-refractivity contribution in [1.29, 1.82) is 0 Å². The molecule has 17 nitrogen and oxygen atoms in total. The van der Waals surface area contributed by atoms with E-state index in [0.717, 1.165) is 115 Å². The Labute approximate surface area is 498 Å². The minimum atomic E-state index is -4.94. The molecule has 0 bridgehead atoms. The SMILES string of the molecule is CCCCCCCCCC(=O)OC[C@H](COP(=O)(O)OC[C@H](O)COP(=O)(O)OC[C@@H](COC(=O)CCCCCCCCCCC(C)CC)OC(=O)CCCCCCCCCCCCCC(C)C)OC(=O)CCCCCCCCC(C)C. The van der Waals surface area contributed by atoms with Crippen molar-refractivity contribution in [3.63, 3.8) is 0 Å². The number of unbranched alkanes of at least 4 members (excludes halogenated alkanes) is 28. The summed E-state index contributed by atoms with van der Waals surface area (Å²) in [5.74, 6) is 0.0674. The van der Waals surface area contributed by atoms with Crippen LogP contribution in [0.5, 0.6) is 0 Å². The molecule has 0 saturated carbocycles. The molecule has 0 rings (SSSR count). The summed E-state index contributed by atoms with van der Waals surface area (Å²) in [4.78, 5) is 72.0. The third kappa shape index (κ3) is 55.9. The standard InChI is InChI=1S/C63H122O17P2/c1-8-10-11-12-20-30-37-44-60(65)73-50-59(80-63(68)47-40-33-26-25-28-35-42-55(5)6)53-78-82(71,72)76-49-57(64)48-75-81(69,70)77-52-58(51-74-61(66)45-38-31-23-19-18-22-29-36-43-56(7)9-2)79-62(67)46-39-32-24-17-15-13-14-16-21-27-34-41-54(3)4/h54-59,64H,8-53H2,1-7H3,(H,69,70)(H,71,72)/t56?,57-,58-,59-/m1/s1. The van der Waals surface area contributed by atoms with E-state index in [1.165, 1.54) is 103 Å². The van der Waals surface area contributed by atoms with E-state index in [0.29, 0.717) is 31.6 Å². The third-order valence-electron chi connectivity index (χ3n) is 14.7. The summed E-state index contributed by atoms with van der Waals surface area (Å²) in [7, 11) is -9.88. The van der Waals surface area contributed by atoms with Gasteiger partial charge in [0.2, 0.25) is 0 Å². The van der Waals surface area contributed by atoms with Crippen LogP contribution in [0.1, 0.15) is 305 Å². The summed E-state index contributed by atoms with van der Waals surface area (Å²) < 4.78 is 67.8. The highest BCUT2D eigenvalue weighted by molar-refractivity contribution is 7.47. The van der Waals surface area contributed by atoms with E-state index < -0.39 is 97.5 Å². The second-order valence-electron chi connectivity index (χ2n) is 24.0. The van der Waals surface area contributed by atoms with Gasteiger partial charge in [0.25, 0.3) is 0 Å². The van der Waals surface area contributed by atoms with Crippen LogP contribution < -0.4 is 0 Å². The molecule has 0 aliphatic rings. The molecule has 0 aromatic rings. The lowest BCUT2D eigenvalue weighted by Crippen LogP contribution is -2.30. The number of ether oxygens (including phenoxy) is 4.